The van der Waals surface area contributed by atoms with Crippen molar-refractivity contribution in [3.63, 3.8) is 0 Å². The molecule has 1 amide bonds. The van der Waals surface area contributed by atoms with Crippen LogP contribution in [0.4, 0.5) is 0 Å². The number of rotatable bonds is 5. The predicted molar refractivity (Wildman–Crippen MR) is 122 cm³/mol. The monoisotopic (exact) mass is 429 g/mol. The second kappa shape index (κ2) is 8.32. The normalized spacial score (nSPS) is 11.8. The van der Waals surface area contributed by atoms with Gasteiger partial charge in [0, 0.05) is 24.0 Å². The molecule has 154 valence electrons. The van der Waals surface area contributed by atoms with E-state index >= 15 is 0 Å². The minimum absolute atomic E-state index is 0.0271. The van der Waals surface area contributed by atoms with E-state index < -0.39 is 0 Å². The van der Waals surface area contributed by atoms with Crippen LogP contribution in [0.2, 0.25) is 0 Å². The topological polar surface area (TPSA) is 55.2 Å². The first kappa shape index (κ1) is 21.6. The van der Waals surface area contributed by atoms with Crippen molar-refractivity contribution in [2.24, 2.45) is 7.05 Å². The molecule has 3 rings (SSSR count). The summed E-state index contributed by atoms with van der Waals surface area (Å²) in [6.07, 6.45) is 0. The van der Waals surface area contributed by atoms with Crippen LogP contribution in [0, 0.1) is 13.8 Å². The van der Waals surface area contributed by atoms with Gasteiger partial charge in [0.15, 0.2) is 5.16 Å². The van der Waals surface area contributed by atoms with Crippen LogP contribution in [-0.2, 0) is 18.4 Å². The summed E-state index contributed by atoms with van der Waals surface area (Å²) >= 11 is 2.85. The molecule has 0 N–H and O–H groups in total. The number of hydrogen-bond donors (Lipinski definition) is 0. The molecule has 2 heterocycles. The maximum absolute atomic E-state index is 13.1. The van der Waals surface area contributed by atoms with E-state index in [0.29, 0.717) is 17.1 Å². The van der Waals surface area contributed by atoms with Gasteiger partial charge in [-0.2, -0.15) is 0 Å². The Morgan fingerprint density at radius 1 is 1.21 bits per heavy atom. The van der Waals surface area contributed by atoms with Crippen molar-refractivity contribution in [2.45, 2.75) is 51.9 Å². The summed E-state index contributed by atoms with van der Waals surface area (Å²) in [5.41, 5.74) is 1.73. The minimum Gasteiger partial charge on any atom is -0.333 e. The van der Waals surface area contributed by atoms with Crippen LogP contribution in [0.15, 0.2) is 40.3 Å². The van der Waals surface area contributed by atoms with E-state index in [9.17, 15) is 9.59 Å². The predicted octanol–water partition coefficient (Wildman–Crippen LogP) is 4.53. The van der Waals surface area contributed by atoms with Gasteiger partial charge in [-0.25, -0.2) is 4.98 Å². The number of benzene rings is 1. The molecule has 0 fully saturated rings. The van der Waals surface area contributed by atoms with Gasteiger partial charge in [0.1, 0.15) is 4.83 Å². The standard InChI is InChI=1S/C22H27N3O2S2/c1-14-15(2)29-19-18(14)20(27)24(6)21(23-19)28-13-17(26)25(22(3,4)5)12-16-10-8-7-9-11-16/h7-11H,12-13H2,1-6H3. The average Bonchev–Trinajstić information content (AvgIpc) is 2.95. The fourth-order valence-corrected chi connectivity index (χ4v) is 5.07. The van der Waals surface area contributed by atoms with Gasteiger partial charge in [0.25, 0.3) is 5.56 Å². The first-order chi connectivity index (χ1) is 13.6. The summed E-state index contributed by atoms with van der Waals surface area (Å²) in [7, 11) is 1.72. The van der Waals surface area contributed by atoms with Crippen LogP contribution >= 0.6 is 23.1 Å². The zero-order valence-corrected chi connectivity index (χ0v) is 19.4. The molecule has 0 saturated heterocycles. The fourth-order valence-electron chi connectivity index (χ4n) is 3.15. The maximum atomic E-state index is 13.1. The van der Waals surface area contributed by atoms with Crippen molar-refractivity contribution in [1.29, 1.82) is 0 Å². The molecule has 0 aliphatic heterocycles. The van der Waals surface area contributed by atoms with Crippen LogP contribution in [0.1, 0.15) is 36.8 Å². The first-order valence-electron chi connectivity index (χ1n) is 9.53. The number of thiophene rings is 1. The Balaban J connectivity index is 1.83. The molecule has 1 aromatic carbocycles. The number of thioether (sulfide) groups is 1. The molecule has 0 bridgehead atoms. The Kier molecular flexibility index (Phi) is 6.19. The lowest BCUT2D eigenvalue weighted by molar-refractivity contribution is -0.133. The maximum Gasteiger partial charge on any atom is 0.262 e. The van der Waals surface area contributed by atoms with Gasteiger partial charge in [-0.05, 0) is 45.7 Å². The number of fused-ring (bicyclic) bond motifs is 1. The van der Waals surface area contributed by atoms with Crippen LogP contribution < -0.4 is 5.56 Å². The zero-order valence-electron chi connectivity index (χ0n) is 17.8. The Morgan fingerprint density at radius 2 is 1.86 bits per heavy atom. The molecule has 7 heteroatoms. The Labute approximate surface area is 179 Å². The highest BCUT2D eigenvalue weighted by Gasteiger charge is 2.27. The van der Waals surface area contributed by atoms with Crippen LogP contribution in [0.25, 0.3) is 10.2 Å². The first-order valence-corrected chi connectivity index (χ1v) is 11.3. The molecular formula is C22H27N3O2S2. The van der Waals surface area contributed by atoms with Crippen molar-refractivity contribution in [1.82, 2.24) is 14.5 Å². The Hall–Kier alpha value is -2.12. The van der Waals surface area contributed by atoms with E-state index in [1.54, 1.807) is 11.6 Å². The summed E-state index contributed by atoms with van der Waals surface area (Å²) in [4.78, 5) is 34.3. The van der Waals surface area contributed by atoms with Gasteiger partial charge in [0.2, 0.25) is 5.91 Å². The van der Waals surface area contributed by atoms with Crippen molar-refractivity contribution >= 4 is 39.2 Å². The van der Waals surface area contributed by atoms with E-state index in [-0.39, 0.29) is 22.8 Å². The van der Waals surface area contributed by atoms with Crippen molar-refractivity contribution in [2.75, 3.05) is 5.75 Å². The quantitative estimate of drug-likeness (QED) is 0.442. The summed E-state index contributed by atoms with van der Waals surface area (Å²) in [6.45, 7) is 10.6. The number of hydrogen-bond acceptors (Lipinski definition) is 5. The van der Waals surface area contributed by atoms with Crippen molar-refractivity contribution in [3.05, 3.63) is 56.7 Å². The summed E-state index contributed by atoms with van der Waals surface area (Å²) < 4.78 is 1.55. The zero-order chi connectivity index (χ0) is 21.3. The second-order valence-electron chi connectivity index (χ2n) is 8.15. The molecular weight excluding hydrogens is 402 g/mol. The van der Waals surface area contributed by atoms with Crippen LogP contribution in [0.3, 0.4) is 0 Å². The fraction of sp³-hybridized carbons (Fsp3) is 0.409. The molecule has 0 aliphatic carbocycles. The van der Waals surface area contributed by atoms with E-state index in [0.717, 1.165) is 20.8 Å². The smallest absolute Gasteiger partial charge is 0.262 e. The third-order valence-corrected chi connectivity index (χ3v) is 7.10. The van der Waals surface area contributed by atoms with Crippen molar-refractivity contribution < 1.29 is 4.79 Å². The van der Waals surface area contributed by atoms with Crippen LogP contribution in [-0.4, -0.2) is 31.6 Å². The van der Waals surface area contributed by atoms with E-state index in [4.69, 9.17) is 0 Å². The molecule has 2 aromatic heterocycles. The summed E-state index contributed by atoms with van der Waals surface area (Å²) in [5.74, 6) is 0.262. The van der Waals surface area contributed by atoms with Gasteiger partial charge in [-0.1, -0.05) is 42.1 Å². The van der Waals surface area contributed by atoms with Crippen LogP contribution in [0.5, 0.6) is 0 Å². The lowest BCUT2D eigenvalue weighted by Gasteiger charge is -2.36. The molecule has 0 spiro atoms. The molecule has 0 radical (unpaired) electrons. The van der Waals surface area contributed by atoms with E-state index in [2.05, 4.69) is 4.98 Å². The Bertz CT molecular complexity index is 1100. The average molecular weight is 430 g/mol. The molecule has 3 aromatic rings. The second-order valence-corrected chi connectivity index (χ2v) is 10.3. The third-order valence-electron chi connectivity index (χ3n) is 4.99. The van der Waals surface area contributed by atoms with Gasteiger partial charge >= 0.3 is 0 Å². The van der Waals surface area contributed by atoms with Gasteiger partial charge in [-0.15, -0.1) is 11.3 Å². The molecule has 0 saturated carbocycles. The number of carbonyl (C=O) groups excluding carboxylic acids is 1. The number of aryl methyl sites for hydroxylation is 2. The lowest BCUT2D eigenvalue weighted by atomic mass is 10.0. The van der Waals surface area contributed by atoms with Gasteiger partial charge < -0.3 is 4.90 Å². The largest absolute Gasteiger partial charge is 0.333 e. The van der Waals surface area contributed by atoms with Crippen molar-refractivity contribution in [3.8, 4) is 0 Å². The third kappa shape index (κ3) is 4.56. The Morgan fingerprint density at radius 3 is 2.48 bits per heavy atom. The SMILES string of the molecule is Cc1sc2nc(SCC(=O)N(Cc3ccccc3)C(C)(C)C)n(C)c(=O)c2c1C. The number of carbonyl (C=O) groups is 1. The number of aromatic nitrogens is 2. The molecule has 0 atom stereocenters. The summed E-state index contributed by atoms with van der Waals surface area (Å²) in [5, 5.41) is 1.26. The highest BCUT2D eigenvalue weighted by atomic mass is 32.2. The van der Waals surface area contributed by atoms with E-state index in [1.165, 1.54) is 23.1 Å². The molecule has 5 nitrogen and oxygen atoms in total. The lowest BCUT2D eigenvalue weighted by Crippen LogP contribution is -2.46. The van der Waals surface area contributed by atoms with E-state index in [1.807, 2.05) is 69.9 Å². The number of amides is 1. The number of nitrogens with zero attached hydrogens (tertiary/aromatic N) is 3. The molecule has 0 aliphatic rings. The minimum atomic E-state index is -0.307. The molecule has 0 unspecified atom stereocenters. The van der Waals surface area contributed by atoms with Gasteiger partial charge in [0.05, 0.1) is 11.1 Å². The highest BCUT2D eigenvalue weighted by molar-refractivity contribution is 7.99. The highest BCUT2D eigenvalue weighted by Crippen LogP contribution is 2.28. The summed E-state index contributed by atoms with van der Waals surface area (Å²) in [6, 6.07) is 9.99. The van der Waals surface area contributed by atoms with Gasteiger partial charge in [-0.3, -0.25) is 14.2 Å². The molecule has 29 heavy (non-hydrogen) atoms.